The molecule has 0 aromatic rings. The van der Waals surface area contributed by atoms with E-state index in [9.17, 15) is 9.59 Å². The monoisotopic (exact) mass is 239 g/mol. The molecule has 0 aliphatic carbocycles. The molecule has 0 bridgehead atoms. The molecule has 0 saturated heterocycles. The van der Waals surface area contributed by atoms with E-state index in [0.717, 1.165) is 18.6 Å². The Morgan fingerprint density at radius 3 is 2.53 bits per heavy atom. The van der Waals surface area contributed by atoms with Crippen LogP contribution in [0.25, 0.3) is 0 Å². The molecule has 0 heterocycles. The van der Waals surface area contributed by atoms with Gasteiger partial charge in [-0.15, -0.1) is 0 Å². The second-order valence-electron chi connectivity index (χ2n) is 3.74. The first kappa shape index (κ1) is 15.4. The average molecular weight is 239 g/mol. The van der Waals surface area contributed by atoms with Crippen molar-refractivity contribution in [3.63, 3.8) is 0 Å². The minimum Gasteiger partial charge on any atom is -0.478 e. The van der Waals surface area contributed by atoms with Gasteiger partial charge in [-0.3, -0.25) is 4.79 Å². The van der Waals surface area contributed by atoms with E-state index in [4.69, 9.17) is 5.11 Å². The lowest BCUT2D eigenvalue weighted by atomic mass is 10.1. The van der Waals surface area contributed by atoms with Crippen molar-refractivity contribution in [1.29, 1.82) is 0 Å². The molecule has 0 rings (SSSR count). The lowest BCUT2D eigenvalue weighted by molar-refractivity contribution is -0.131. The molecule has 17 heavy (non-hydrogen) atoms. The summed E-state index contributed by atoms with van der Waals surface area (Å²) in [5.41, 5.74) is 0. The van der Waals surface area contributed by atoms with Crippen molar-refractivity contribution >= 4 is 11.9 Å². The summed E-state index contributed by atoms with van der Waals surface area (Å²) in [6.45, 7) is 2.62. The van der Waals surface area contributed by atoms with Gasteiger partial charge in [-0.1, -0.05) is 38.3 Å². The fourth-order valence-corrected chi connectivity index (χ4v) is 1.26. The third-order valence-corrected chi connectivity index (χ3v) is 2.16. The number of hydrogen-bond acceptors (Lipinski definition) is 2. The number of amides is 1. The molecule has 0 fully saturated rings. The van der Waals surface area contributed by atoms with Crippen LogP contribution in [-0.2, 0) is 9.59 Å². The van der Waals surface area contributed by atoms with Crippen molar-refractivity contribution in [2.75, 3.05) is 6.54 Å². The van der Waals surface area contributed by atoms with Crippen molar-refractivity contribution in [3.8, 4) is 0 Å². The third kappa shape index (κ3) is 12.4. The molecule has 0 unspecified atom stereocenters. The van der Waals surface area contributed by atoms with E-state index in [-0.39, 0.29) is 5.91 Å². The second kappa shape index (κ2) is 10.9. The van der Waals surface area contributed by atoms with Crippen LogP contribution in [-0.4, -0.2) is 23.5 Å². The first-order valence-corrected chi connectivity index (χ1v) is 6.00. The van der Waals surface area contributed by atoms with Gasteiger partial charge >= 0.3 is 5.97 Å². The van der Waals surface area contributed by atoms with Crippen molar-refractivity contribution in [2.24, 2.45) is 0 Å². The summed E-state index contributed by atoms with van der Waals surface area (Å²) in [7, 11) is 0. The maximum absolute atomic E-state index is 11.0. The lowest BCUT2D eigenvalue weighted by Crippen LogP contribution is -2.21. The number of hydrogen-bond donors (Lipinski definition) is 2. The van der Waals surface area contributed by atoms with E-state index in [1.165, 1.54) is 25.7 Å². The topological polar surface area (TPSA) is 66.4 Å². The highest BCUT2D eigenvalue weighted by molar-refractivity contribution is 5.93. The van der Waals surface area contributed by atoms with Crippen LogP contribution in [0.3, 0.4) is 0 Å². The molecule has 0 aliphatic rings. The van der Waals surface area contributed by atoms with Crippen LogP contribution in [0.15, 0.2) is 24.3 Å². The predicted octanol–water partition coefficient (Wildman–Crippen LogP) is 2.27. The van der Waals surface area contributed by atoms with E-state index in [2.05, 4.69) is 12.2 Å². The molecule has 0 radical (unpaired) electrons. The Labute approximate surface area is 102 Å². The molecule has 0 aromatic carbocycles. The van der Waals surface area contributed by atoms with E-state index in [1.54, 1.807) is 0 Å². The Bertz CT molecular complexity index is 282. The maximum atomic E-state index is 11.0. The van der Waals surface area contributed by atoms with Gasteiger partial charge in [0.1, 0.15) is 0 Å². The third-order valence-electron chi connectivity index (χ3n) is 2.16. The highest BCUT2D eigenvalue weighted by Crippen LogP contribution is 2.02. The summed E-state index contributed by atoms with van der Waals surface area (Å²) in [5.74, 6) is -1.50. The maximum Gasteiger partial charge on any atom is 0.328 e. The number of aliphatic carboxylic acids is 1. The van der Waals surface area contributed by atoms with Crippen LogP contribution >= 0.6 is 0 Å². The minimum atomic E-state index is -1.12. The number of nitrogens with one attached hydrogen (secondary N) is 1. The van der Waals surface area contributed by atoms with Gasteiger partial charge in [0.25, 0.3) is 0 Å². The summed E-state index contributed by atoms with van der Waals surface area (Å²) in [6.07, 6.45) is 11.7. The summed E-state index contributed by atoms with van der Waals surface area (Å²) in [4.78, 5) is 21.2. The number of carboxylic acids is 1. The number of unbranched alkanes of at least 4 members (excludes halogenated alkanes) is 4. The molecular formula is C13H21NO3. The Balaban J connectivity index is 3.46. The molecule has 96 valence electrons. The molecule has 4 heteroatoms. The highest BCUT2D eigenvalue weighted by atomic mass is 16.4. The lowest BCUT2D eigenvalue weighted by Gasteiger charge is -1.96. The van der Waals surface area contributed by atoms with Gasteiger partial charge in [0, 0.05) is 18.7 Å². The number of carbonyl (C=O) groups is 2. The Morgan fingerprint density at radius 1 is 1.12 bits per heavy atom. The second-order valence-corrected chi connectivity index (χ2v) is 3.74. The van der Waals surface area contributed by atoms with Gasteiger partial charge in [0.05, 0.1) is 0 Å². The van der Waals surface area contributed by atoms with Crippen molar-refractivity contribution in [1.82, 2.24) is 5.32 Å². The molecule has 0 aromatic heterocycles. The highest BCUT2D eigenvalue weighted by Gasteiger charge is 1.93. The van der Waals surface area contributed by atoms with E-state index in [0.29, 0.717) is 6.54 Å². The van der Waals surface area contributed by atoms with Crippen LogP contribution in [0, 0.1) is 0 Å². The van der Waals surface area contributed by atoms with Gasteiger partial charge in [-0.25, -0.2) is 4.79 Å². The molecule has 0 saturated carbocycles. The van der Waals surface area contributed by atoms with Gasteiger partial charge in [0.15, 0.2) is 0 Å². The van der Waals surface area contributed by atoms with Crippen LogP contribution in [0.2, 0.25) is 0 Å². The van der Waals surface area contributed by atoms with Gasteiger partial charge in [-0.05, 0) is 12.8 Å². The molecule has 0 spiro atoms. The van der Waals surface area contributed by atoms with Gasteiger partial charge in [0.2, 0.25) is 5.91 Å². The number of carbonyl (C=O) groups excluding carboxylic acids is 1. The quantitative estimate of drug-likeness (QED) is 0.368. The first-order chi connectivity index (χ1) is 8.16. The number of allylic oxidation sites excluding steroid dienone is 1. The minimum absolute atomic E-state index is 0.386. The SMILES string of the molecule is CCCCCC/C=C/CNC(=O)/C=C/C(=O)O. The zero-order valence-corrected chi connectivity index (χ0v) is 10.3. The summed E-state index contributed by atoms with van der Waals surface area (Å²) in [5, 5.41) is 10.9. The van der Waals surface area contributed by atoms with Crippen molar-refractivity contribution < 1.29 is 14.7 Å². The Hall–Kier alpha value is -1.58. The molecular weight excluding hydrogens is 218 g/mol. The number of carboxylic acid groups (broad SMARTS) is 1. The Morgan fingerprint density at radius 2 is 1.88 bits per heavy atom. The van der Waals surface area contributed by atoms with Gasteiger partial charge in [-0.2, -0.15) is 0 Å². The van der Waals surface area contributed by atoms with Crippen molar-refractivity contribution in [2.45, 2.75) is 39.0 Å². The van der Waals surface area contributed by atoms with E-state index in [1.807, 2.05) is 12.2 Å². The van der Waals surface area contributed by atoms with E-state index < -0.39 is 5.97 Å². The summed E-state index contributed by atoms with van der Waals surface area (Å²) >= 11 is 0. The van der Waals surface area contributed by atoms with Crippen LogP contribution in [0.1, 0.15) is 39.0 Å². The fourth-order valence-electron chi connectivity index (χ4n) is 1.26. The molecule has 0 atom stereocenters. The molecule has 4 nitrogen and oxygen atoms in total. The first-order valence-electron chi connectivity index (χ1n) is 6.00. The average Bonchev–Trinajstić information content (AvgIpc) is 2.30. The molecule has 0 aliphatic heterocycles. The standard InChI is InChI=1S/C13H21NO3/c1-2-3-4-5-6-7-8-11-14-12(15)9-10-13(16)17/h7-10H,2-6,11H2,1H3,(H,14,15)(H,16,17)/b8-7+,10-9+. The van der Waals surface area contributed by atoms with Gasteiger partial charge < -0.3 is 10.4 Å². The van der Waals surface area contributed by atoms with E-state index >= 15 is 0 Å². The number of rotatable bonds is 9. The Kier molecular flexibility index (Phi) is 9.91. The summed E-state index contributed by atoms with van der Waals surface area (Å²) < 4.78 is 0. The largest absolute Gasteiger partial charge is 0.478 e. The molecule has 1 amide bonds. The normalized spacial score (nSPS) is 11.1. The fraction of sp³-hybridized carbons (Fsp3) is 0.538. The van der Waals surface area contributed by atoms with Crippen LogP contribution < -0.4 is 5.32 Å². The molecule has 2 N–H and O–H groups in total. The zero-order valence-electron chi connectivity index (χ0n) is 10.3. The summed E-state index contributed by atoms with van der Waals surface area (Å²) in [6, 6.07) is 0. The zero-order chi connectivity index (χ0) is 12.9. The predicted molar refractivity (Wildman–Crippen MR) is 67.7 cm³/mol. The smallest absolute Gasteiger partial charge is 0.328 e. The van der Waals surface area contributed by atoms with Crippen LogP contribution in [0.4, 0.5) is 0 Å². The van der Waals surface area contributed by atoms with Crippen molar-refractivity contribution in [3.05, 3.63) is 24.3 Å². The van der Waals surface area contributed by atoms with Crippen LogP contribution in [0.5, 0.6) is 0 Å².